The fourth-order valence-corrected chi connectivity index (χ4v) is 1.42. The average Bonchev–Trinajstić information content (AvgIpc) is 1.87. The Labute approximate surface area is 62.9 Å². The molecular weight excluding hydrogens is 150 g/mol. The molecule has 0 bridgehead atoms. The smallest absolute Gasteiger partial charge is 0.211 e. The van der Waals surface area contributed by atoms with Crippen molar-refractivity contribution in [1.29, 1.82) is 0 Å². The van der Waals surface area contributed by atoms with Crippen LogP contribution in [-0.2, 0) is 10.0 Å². The summed E-state index contributed by atoms with van der Waals surface area (Å²) >= 11 is 0. The normalized spacial score (nSPS) is 15.1. The third kappa shape index (κ3) is 3.85. The van der Waals surface area contributed by atoms with E-state index in [2.05, 4.69) is 4.72 Å². The van der Waals surface area contributed by atoms with Crippen LogP contribution in [0.4, 0.5) is 0 Å². The van der Waals surface area contributed by atoms with Crippen LogP contribution in [0.2, 0.25) is 0 Å². The summed E-state index contributed by atoms with van der Waals surface area (Å²) in [5, 5.41) is 0. The Balaban J connectivity index is 3.90. The van der Waals surface area contributed by atoms with Crippen molar-refractivity contribution in [3.63, 3.8) is 0 Å². The van der Waals surface area contributed by atoms with Crippen molar-refractivity contribution in [1.82, 2.24) is 4.72 Å². The second kappa shape index (κ2) is 3.93. The zero-order chi connectivity index (χ0) is 8.20. The quantitative estimate of drug-likeness (QED) is 0.667. The van der Waals surface area contributed by atoms with Crippen LogP contribution >= 0.6 is 0 Å². The molecule has 0 aromatic rings. The molecule has 1 unspecified atom stereocenters. The Hall–Kier alpha value is -0.0900. The average molecular weight is 165 g/mol. The minimum absolute atomic E-state index is 0.0601. The van der Waals surface area contributed by atoms with Crippen LogP contribution in [-0.4, -0.2) is 20.2 Å². The van der Waals surface area contributed by atoms with Crippen molar-refractivity contribution < 1.29 is 8.42 Å². The van der Waals surface area contributed by atoms with Gasteiger partial charge in [0.1, 0.15) is 0 Å². The Morgan fingerprint density at radius 1 is 1.40 bits per heavy atom. The maximum absolute atomic E-state index is 10.9. The third-order valence-corrected chi connectivity index (χ3v) is 2.89. The predicted octanol–water partition coefficient (Wildman–Crippen LogP) is 0.724. The van der Waals surface area contributed by atoms with E-state index in [0.29, 0.717) is 0 Å². The van der Waals surface area contributed by atoms with Gasteiger partial charge in [-0.3, -0.25) is 0 Å². The van der Waals surface area contributed by atoms with E-state index in [1.165, 1.54) is 0 Å². The fraction of sp³-hybridized carbons (Fsp3) is 1.00. The SMILES string of the molecule is CCC(C)NS(=O)(=O)CC. The van der Waals surface area contributed by atoms with Gasteiger partial charge in [0, 0.05) is 6.04 Å². The van der Waals surface area contributed by atoms with Crippen LogP contribution < -0.4 is 4.72 Å². The van der Waals surface area contributed by atoms with E-state index in [0.717, 1.165) is 6.42 Å². The summed E-state index contributed by atoms with van der Waals surface area (Å²) in [6.07, 6.45) is 0.833. The van der Waals surface area contributed by atoms with Crippen molar-refractivity contribution in [3.8, 4) is 0 Å². The molecule has 0 amide bonds. The molecule has 62 valence electrons. The van der Waals surface area contributed by atoms with Gasteiger partial charge in [-0.25, -0.2) is 13.1 Å². The Kier molecular flexibility index (Phi) is 3.89. The molecule has 0 saturated carbocycles. The van der Waals surface area contributed by atoms with Crippen LogP contribution in [0.5, 0.6) is 0 Å². The van der Waals surface area contributed by atoms with E-state index < -0.39 is 10.0 Å². The van der Waals surface area contributed by atoms with E-state index >= 15 is 0 Å². The molecule has 1 atom stereocenters. The van der Waals surface area contributed by atoms with Crippen molar-refractivity contribution in [2.75, 3.05) is 5.75 Å². The molecule has 0 rings (SSSR count). The molecule has 0 aliphatic carbocycles. The molecule has 0 aliphatic rings. The van der Waals surface area contributed by atoms with Gasteiger partial charge < -0.3 is 0 Å². The highest BCUT2D eigenvalue weighted by Gasteiger charge is 2.08. The van der Waals surface area contributed by atoms with Gasteiger partial charge in [0.25, 0.3) is 0 Å². The summed E-state index contributed by atoms with van der Waals surface area (Å²) in [6.45, 7) is 5.43. The summed E-state index contributed by atoms with van der Waals surface area (Å²) in [6, 6.07) is 0.0601. The van der Waals surface area contributed by atoms with Gasteiger partial charge in [-0.15, -0.1) is 0 Å². The Morgan fingerprint density at radius 2 is 1.90 bits per heavy atom. The number of rotatable bonds is 4. The van der Waals surface area contributed by atoms with Crippen LogP contribution in [0.3, 0.4) is 0 Å². The van der Waals surface area contributed by atoms with Gasteiger partial charge in [-0.1, -0.05) is 6.92 Å². The van der Waals surface area contributed by atoms with E-state index in [4.69, 9.17) is 0 Å². The van der Waals surface area contributed by atoms with Crippen molar-refractivity contribution >= 4 is 10.0 Å². The van der Waals surface area contributed by atoms with Gasteiger partial charge in [0.2, 0.25) is 10.0 Å². The van der Waals surface area contributed by atoms with Crippen molar-refractivity contribution in [2.45, 2.75) is 33.2 Å². The fourth-order valence-electron chi connectivity index (χ4n) is 0.473. The summed E-state index contributed by atoms with van der Waals surface area (Å²) in [5.41, 5.74) is 0. The largest absolute Gasteiger partial charge is 0.212 e. The maximum Gasteiger partial charge on any atom is 0.211 e. The highest BCUT2D eigenvalue weighted by molar-refractivity contribution is 7.89. The zero-order valence-electron chi connectivity index (χ0n) is 6.72. The summed E-state index contributed by atoms with van der Waals surface area (Å²) in [7, 11) is -2.98. The molecule has 4 heteroatoms. The molecule has 3 nitrogen and oxygen atoms in total. The Morgan fingerprint density at radius 3 is 2.20 bits per heavy atom. The first-order chi connectivity index (χ1) is 4.52. The third-order valence-electron chi connectivity index (χ3n) is 1.37. The molecule has 0 spiro atoms. The topological polar surface area (TPSA) is 46.2 Å². The number of hydrogen-bond donors (Lipinski definition) is 1. The lowest BCUT2D eigenvalue weighted by Gasteiger charge is -2.09. The molecule has 0 saturated heterocycles. The second-order valence-corrected chi connectivity index (χ2v) is 4.37. The van der Waals surface area contributed by atoms with E-state index in [1.54, 1.807) is 6.92 Å². The first kappa shape index (κ1) is 9.91. The number of sulfonamides is 1. The highest BCUT2D eigenvalue weighted by atomic mass is 32.2. The van der Waals surface area contributed by atoms with Gasteiger partial charge in [-0.05, 0) is 20.3 Å². The van der Waals surface area contributed by atoms with Crippen LogP contribution in [0.1, 0.15) is 27.2 Å². The molecule has 0 radical (unpaired) electrons. The minimum atomic E-state index is -2.98. The molecule has 0 heterocycles. The minimum Gasteiger partial charge on any atom is -0.212 e. The van der Waals surface area contributed by atoms with Gasteiger partial charge in [-0.2, -0.15) is 0 Å². The summed E-state index contributed by atoms with van der Waals surface area (Å²) in [5.74, 6) is 0.164. The molecule has 10 heavy (non-hydrogen) atoms. The molecule has 1 N–H and O–H groups in total. The van der Waals surface area contributed by atoms with Gasteiger partial charge in [0.15, 0.2) is 0 Å². The van der Waals surface area contributed by atoms with Crippen LogP contribution in [0, 0.1) is 0 Å². The van der Waals surface area contributed by atoms with Crippen LogP contribution in [0.25, 0.3) is 0 Å². The lowest BCUT2D eigenvalue weighted by molar-refractivity contribution is 0.557. The van der Waals surface area contributed by atoms with Gasteiger partial charge in [0.05, 0.1) is 5.75 Å². The van der Waals surface area contributed by atoms with Crippen LogP contribution in [0.15, 0.2) is 0 Å². The molecule has 0 aromatic heterocycles. The highest BCUT2D eigenvalue weighted by Crippen LogP contribution is 1.92. The van der Waals surface area contributed by atoms with E-state index in [-0.39, 0.29) is 11.8 Å². The van der Waals surface area contributed by atoms with E-state index in [9.17, 15) is 8.42 Å². The first-order valence-electron chi connectivity index (χ1n) is 3.51. The Bertz CT molecular complexity index is 174. The van der Waals surface area contributed by atoms with E-state index in [1.807, 2.05) is 13.8 Å². The molecule has 0 fully saturated rings. The predicted molar refractivity (Wildman–Crippen MR) is 42.3 cm³/mol. The lowest BCUT2D eigenvalue weighted by atomic mass is 10.3. The summed E-state index contributed by atoms with van der Waals surface area (Å²) in [4.78, 5) is 0. The zero-order valence-corrected chi connectivity index (χ0v) is 7.53. The maximum atomic E-state index is 10.9. The van der Waals surface area contributed by atoms with Crippen molar-refractivity contribution in [3.05, 3.63) is 0 Å². The standard InChI is InChI=1S/C6H15NO2S/c1-4-6(3)7-10(8,9)5-2/h6-7H,4-5H2,1-3H3. The summed E-state index contributed by atoms with van der Waals surface area (Å²) < 4.78 is 24.2. The molecule has 0 aromatic carbocycles. The van der Waals surface area contributed by atoms with Crippen molar-refractivity contribution in [2.24, 2.45) is 0 Å². The molecule has 0 aliphatic heterocycles. The second-order valence-electron chi connectivity index (χ2n) is 2.33. The molecular formula is C6H15NO2S. The first-order valence-corrected chi connectivity index (χ1v) is 5.17. The number of nitrogens with one attached hydrogen (secondary N) is 1. The monoisotopic (exact) mass is 165 g/mol. The number of hydrogen-bond acceptors (Lipinski definition) is 2. The lowest BCUT2D eigenvalue weighted by Crippen LogP contribution is -2.33. The van der Waals surface area contributed by atoms with Gasteiger partial charge >= 0.3 is 0 Å².